The summed E-state index contributed by atoms with van der Waals surface area (Å²) in [7, 11) is 1.31. The summed E-state index contributed by atoms with van der Waals surface area (Å²) in [6.45, 7) is 0.0230. The number of nitrogens with one attached hydrogen (secondary N) is 1. The van der Waals surface area contributed by atoms with Gasteiger partial charge in [-0.1, -0.05) is 24.3 Å². The summed E-state index contributed by atoms with van der Waals surface area (Å²) in [6, 6.07) is 14.7. The van der Waals surface area contributed by atoms with E-state index in [2.05, 4.69) is 9.72 Å². The molecule has 0 radical (unpaired) electrons. The monoisotopic (exact) mass is 337 g/mol. The van der Waals surface area contributed by atoms with E-state index in [0.717, 1.165) is 0 Å². The Morgan fingerprint density at radius 2 is 1.72 bits per heavy atom. The van der Waals surface area contributed by atoms with Crippen LogP contribution in [0.4, 0.5) is 0 Å². The largest absolute Gasteiger partial charge is 0.465 e. The highest BCUT2D eigenvalue weighted by molar-refractivity contribution is 5.91. The number of ether oxygens (including phenoxy) is 2. The summed E-state index contributed by atoms with van der Waals surface area (Å²) in [5.41, 5.74) is 1.54. The second kappa shape index (κ2) is 7.00. The SMILES string of the molecule is COC(=O)c1ccc(COC(=O)c2cc(=O)c3ccccc3[nH]2)cc1. The number of carbonyl (C=O) groups is 2. The van der Waals surface area contributed by atoms with Crippen molar-refractivity contribution >= 4 is 22.8 Å². The van der Waals surface area contributed by atoms with Gasteiger partial charge in [0.05, 0.1) is 12.7 Å². The Labute approximate surface area is 143 Å². The van der Waals surface area contributed by atoms with Gasteiger partial charge in [-0.2, -0.15) is 0 Å². The van der Waals surface area contributed by atoms with E-state index in [-0.39, 0.29) is 17.7 Å². The molecule has 0 saturated carbocycles. The Morgan fingerprint density at radius 1 is 1.00 bits per heavy atom. The second-order valence-electron chi connectivity index (χ2n) is 5.36. The highest BCUT2D eigenvalue weighted by atomic mass is 16.5. The first-order chi connectivity index (χ1) is 12.1. The quantitative estimate of drug-likeness (QED) is 0.740. The van der Waals surface area contributed by atoms with Crippen molar-refractivity contribution in [2.75, 3.05) is 7.11 Å². The molecular weight excluding hydrogens is 322 g/mol. The van der Waals surface area contributed by atoms with Crippen LogP contribution < -0.4 is 5.43 Å². The third-order valence-corrected chi connectivity index (χ3v) is 3.70. The second-order valence-corrected chi connectivity index (χ2v) is 5.36. The van der Waals surface area contributed by atoms with Crippen LogP contribution in [-0.4, -0.2) is 24.0 Å². The molecule has 2 aromatic carbocycles. The fourth-order valence-electron chi connectivity index (χ4n) is 2.39. The summed E-state index contributed by atoms with van der Waals surface area (Å²) in [6.07, 6.45) is 0. The molecule has 0 aliphatic rings. The molecule has 0 aliphatic carbocycles. The molecule has 6 nitrogen and oxygen atoms in total. The highest BCUT2D eigenvalue weighted by Crippen LogP contribution is 2.10. The lowest BCUT2D eigenvalue weighted by Gasteiger charge is -2.07. The molecule has 0 spiro atoms. The summed E-state index contributed by atoms with van der Waals surface area (Å²) in [5, 5.41) is 0.512. The number of para-hydroxylation sites is 1. The van der Waals surface area contributed by atoms with Gasteiger partial charge in [-0.3, -0.25) is 4.79 Å². The number of fused-ring (bicyclic) bond motifs is 1. The van der Waals surface area contributed by atoms with Crippen molar-refractivity contribution < 1.29 is 19.1 Å². The lowest BCUT2D eigenvalue weighted by atomic mass is 10.1. The van der Waals surface area contributed by atoms with Crippen LogP contribution in [0, 0.1) is 0 Å². The van der Waals surface area contributed by atoms with E-state index < -0.39 is 11.9 Å². The van der Waals surface area contributed by atoms with Crippen LogP contribution in [0.3, 0.4) is 0 Å². The normalized spacial score (nSPS) is 10.4. The first-order valence-electron chi connectivity index (χ1n) is 7.55. The average Bonchev–Trinajstić information content (AvgIpc) is 2.65. The maximum Gasteiger partial charge on any atom is 0.355 e. The molecule has 0 amide bonds. The van der Waals surface area contributed by atoms with Crippen molar-refractivity contribution in [3.63, 3.8) is 0 Å². The van der Waals surface area contributed by atoms with Crippen LogP contribution >= 0.6 is 0 Å². The van der Waals surface area contributed by atoms with Crippen molar-refractivity contribution in [3.05, 3.63) is 81.6 Å². The van der Waals surface area contributed by atoms with Gasteiger partial charge in [0.1, 0.15) is 12.3 Å². The van der Waals surface area contributed by atoms with E-state index in [0.29, 0.717) is 22.0 Å². The Kier molecular flexibility index (Phi) is 4.61. The highest BCUT2D eigenvalue weighted by Gasteiger charge is 2.11. The number of pyridine rings is 1. The first kappa shape index (κ1) is 16.4. The summed E-state index contributed by atoms with van der Waals surface area (Å²) in [4.78, 5) is 38.5. The molecule has 0 fully saturated rings. The molecule has 0 bridgehead atoms. The molecule has 1 N–H and O–H groups in total. The first-order valence-corrected chi connectivity index (χ1v) is 7.55. The molecule has 3 aromatic rings. The molecule has 0 unspecified atom stereocenters. The number of H-pyrrole nitrogens is 1. The lowest BCUT2D eigenvalue weighted by molar-refractivity contribution is 0.0465. The van der Waals surface area contributed by atoms with E-state index in [1.54, 1.807) is 48.5 Å². The van der Waals surface area contributed by atoms with Crippen molar-refractivity contribution in [2.24, 2.45) is 0 Å². The minimum absolute atomic E-state index is 0.0230. The number of esters is 2. The fourth-order valence-corrected chi connectivity index (χ4v) is 2.39. The van der Waals surface area contributed by atoms with Gasteiger partial charge in [-0.15, -0.1) is 0 Å². The molecule has 6 heteroatoms. The van der Waals surface area contributed by atoms with Crippen LogP contribution in [0.15, 0.2) is 59.4 Å². The number of benzene rings is 2. The predicted molar refractivity (Wildman–Crippen MR) is 91.5 cm³/mol. The standard InChI is InChI=1S/C19H15NO5/c1-24-18(22)13-8-6-12(7-9-13)11-25-19(23)16-10-17(21)14-4-2-3-5-15(14)20-16/h2-10H,11H2,1H3,(H,20,21). The number of aromatic nitrogens is 1. The summed E-state index contributed by atoms with van der Waals surface area (Å²) < 4.78 is 9.84. The van der Waals surface area contributed by atoms with E-state index in [1.165, 1.54) is 13.2 Å². The van der Waals surface area contributed by atoms with Gasteiger partial charge in [0.2, 0.25) is 0 Å². The molecule has 0 aliphatic heterocycles. The number of aromatic amines is 1. The summed E-state index contributed by atoms with van der Waals surface area (Å²) >= 11 is 0. The Balaban J connectivity index is 1.72. The third-order valence-electron chi connectivity index (χ3n) is 3.70. The van der Waals surface area contributed by atoms with Gasteiger partial charge in [-0.05, 0) is 29.8 Å². The zero-order valence-electron chi connectivity index (χ0n) is 13.4. The summed E-state index contributed by atoms with van der Waals surface area (Å²) in [5.74, 6) is -1.06. The fraction of sp³-hybridized carbons (Fsp3) is 0.105. The van der Waals surface area contributed by atoms with Gasteiger partial charge in [-0.25, -0.2) is 9.59 Å². The Bertz CT molecular complexity index is 989. The zero-order valence-corrected chi connectivity index (χ0v) is 13.4. The van der Waals surface area contributed by atoms with Crippen LogP contribution in [0.2, 0.25) is 0 Å². The minimum atomic E-state index is -0.625. The molecule has 0 saturated heterocycles. The van der Waals surface area contributed by atoms with Gasteiger partial charge < -0.3 is 14.5 Å². The maximum absolute atomic E-state index is 12.2. The van der Waals surface area contributed by atoms with E-state index in [1.807, 2.05) is 0 Å². The number of methoxy groups -OCH3 is 1. The minimum Gasteiger partial charge on any atom is -0.465 e. The van der Waals surface area contributed by atoms with Crippen molar-refractivity contribution in [1.29, 1.82) is 0 Å². The van der Waals surface area contributed by atoms with Crippen molar-refractivity contribution in [2.45, 2.75) is 6.61 Å². The smallest absolute Gasteiger partial charge is 0.355 e. The van der Waals surface area contributed by atoms with Crippen LogP contribution in [-0.2, 0) is 16.1 Å². The van der Waals surface area contributed by atoms with E-state index >= 15 is 0 Å². The van der Waals surface area contributed by atoms with Gasteiger partial charge in [0, 0.05) is 17.0 Å². The van der Waals surface area contributed by atoms with Crippen LogP contribution in [0.1, 0.15) is 26.4 Å². The Hall–Kier alpha value is -3.41. The zero-order chi connectivity index (χ0) is 17.8. The maximum atomic E-state index is 12.2. The predicted octanol–water partition coefficient (Wildman–Crippen LogP) is 2.67. The van der Waals surface area contributed by atoms with Crippen LogP contribution in [0.5, 0.6) is 0 Å². The van der Waals surface area contributed by atoms with Crippen molar-refractivity contribution in [1.82, 2.24) is 4.98 Å². The van der Waals surface area contributed by atoms with Gasteiger partial charge in [0.15, 0.2) is 5.43 Å². The molecule has 1 heterocycles. The molecule has 1 aromatic heterocycles. The molecular formula is C19H15NO5. The third kappa shape index (κ3) is 3.58. The average molecular weight is 337 g/mol. The van der Waals surface area contributed by atoms with E-state index in [9.17, 15) is 14.4 Å². The number of carbonyl (C=O) groups excluding carboxylic acids is 2. The molecule has 3 rings (SSSR count). The van der Waals surface area contributed by atoms with Gasteiger partial charge in [0.25, 0.3) is 0 Å². The van der Waals surface area contributed by atoms with Crippen molar-refractivity contribution in [3.8, 4) is 0 Å². The number of hydrogen-bond donors (Lipinski definition) is 1. The molecule has 25 heavy (non-hydrogen) atoms. The number of rotatable bonds is 4. The lowest BCUT2D eigenvalue weighted by Crippen LogP contribution is -2.12. The number of hydrogen-bond acceptors (Lipinski definition) is 5. The topological polar surface area (TPSA) is 85.5 Å². The molecule has 126 valence electrons. The van der Waals surface area contributed by atoms with E-state index in [4.69, 9.17) is 4.74 Å². The molecule has 0 atom stereocenters. The van der Waals surface area contributed by atoms with Gasteiger partial charge >= 0.3 is 11.9 Å². The van der Waals surface area contributed by atoms with Crippen LogP contribution in [0.25, 0.3) is 10.9 Å². The Morgan fingerprint density at radius 3 is 2.44 bits per heavy atom.